The number of piperidine rings is 1. The van der Waals surface area contributed by atoms with Crippen LogP contribution >= 0.6 is 0 Å². The third-order valence-electron chi connectivity index (χ3n) is 4.89. The van der Waals surface area contributed by atoms with Crippen LogP contribution in [0.4, 0.5) is 0 Å². The summed E-state index contributed by atoms with van der Waals surface area (Å²) in [5, 5.41) is 3.27. The van der Waals surface area contributed by atoms with E-state index in [0.29, 0.717) is 0 Å². The van der Waals surface area contributed by atoms with Crippen molar-refractivity contribution < 1.29 is 9.53 Å². The molecular weight excluding hydrogens is 264 g/mol. The van der Waals surface area contributed by atoms with E-state index in [1.54, 1.807) is 0 Å². The van der Waals surface area contributed by atoms with Crippen LogP contribution in [0, 0.1) is 5.92 Å². The molecular formula is C17H34N2O2. The lowest BCUT2D eigenvalue weighted by molar-refractivity contribution is -0.148. The highest BCUT2D eigenvalue weighted by Crippen LogP contribution is 2.21. The van der Waals surface area contributed by atoms with Crippen molar-refractivity contribution in [2.75, 3.05) is 33.3 Å². The lowest BCUT2D eigenvalue weighted by Gasteiger charge is -2.32. The van der Waals surface area contributed by atoms with Crippen LogP contribution in [0.25, 0.3) is 0 Å². The second-order valence-electron chi connectivity index (χ2n) is 6.50. The Bertz CT molecular complexity index is 301. The Labute approximate surface area is 130 Å². The molecule has 0 spiro atoms. The molecule has 1 heterocycles. The third-order valence-corrected chi connectivity index (χ3v) is 4.89. The van der Waals surface area contributed by atoms with E-state index in [-0.39, 0.29) is 5.97 Å². The Hall–Kier alpha value is -0.610. The van der Waals surface area contributed by atoms with Crippen molar-refractivity contribution in [2.45, 2.75) is 64.8 Å². The summed E-state index contributed by atoms with van der Waals surface area (Å²) in [4.78, 5) is 14.5. The van der Waals surface area contributed by atoms with Crippen molar-refractivity contribution in [1.82, 2.24) is 10.2 Å². The number of hydrogen-bond acceptors (Lipinski definition) is 4. The van der Waals surface area contributed by atoms with Gasteiger partial charge in [-0.2, -0.15) is 0 Å². The smallest absolute Gasteiger partial charge is 0.325 e. The molecule has 0 aromatic rings. The van der Waals surface area contributed by atoms with Crippen molar-refractivity contribution >= 4 is 5.97 Å². The Balaban J connectivity index is 2.24. The van der Waals surface area contributed by atoms with Crippen LogP contribution in [0.1, 0.15) is 59.3 Å². The number of rotatable bonds is 9. The number of nitrogens with zero attached hydrogens (tertiary/aromatic N) is 1. The zero-order chi connectivity index (χ0) is 15.7. The van der Waals surface area contributed by atoms with Crippen LogP contribution < -0.4 is 5.32 Å². The Morgan fingerprint density at radius 2 is 1.95 bits per heavy atom. The molecule has 1 aliphatic heterocycles. The number of ether oxygens (including phenoxy) is 1. The average molecular weight is 298 g/mol. The van der Waals surface area contributed by atoms with E-state index in [0.717, 1.165) is 31.7 Å². The highest BCUT2D eigenvalue weighted by molar-refractivity contribution is 5.80. The summed E-state index contributed by atoms with van der Waals surface area (Å²) >= 11 is 0. The van der Waals surface area contributed by atoms with Crippen molar-refractivity contribution in [3.8, 4) is 0 Å². The number of nitrogens with one attached hydrogen (secondary N) is 1. The molecule has 21 heavy (non-hydrogen) atoms. The quantitative estimate of drug-likeness (QED) is 0.525. The van der Waals surface area contributed by atoms with Gasteiger partial charge in [0.25, 0.3) is 0 Å². The predicted octanol–water partition coefficient (Wildman–Crippen LogP) is 2.82. The van der Waals surface area contributed by atoms with Gasteiger partial charge in [-0.1, -0.05) is 20.3 Å². The standard InChI is InChI=1S/C17H34N2O2/c1-5-15-9-13-19(14-10-15)12-8-7-11-17(3,18-6-2)16(20)21-4/h15,18H,5-14H2,1-4H3. The molecule has 4 heteroatoms. The number of esters is 1. The van der Waals surface area contributed by atoms with E-state index in [2.05, 4.69) is 17.1 Å². The molecule has 1 saturated heterocycles. The molecule has 0 radical (unpaired) electrons. The van der Waals surface area contributed by atoms with E-state index < -0.39 is 5.54 Å². The number of carbonyl (C=O) groups is 1. The first-order valence-corrected chi connectivity index (χ1v) is 8.61. The van der Waals surface area contributed by atoms with Gasteiger partial charge in [-0.15, -0.1) is 0 Å². The molecule has 1 atom stereocenters. The van der Waals surface area contributed by atoms with Gasteiger partial charge in [-0.05, 0) is 71.1 Å². The zero-order valence-electron chi connectivity index (χ0n) is 14.4. The van der Waals surface area contributed by atoms with Crippen molar-refractivity contribution in [2.24, 2.45) is 5.92 Å². The summed E-state index contributed by atoms with van der Waals surface area (Å²) in [6.07, 6.45) is 7.11. The van der Waals surface area contributed by atoms with Gasteiger partial charge in [0, 0.05) is 0 Å². The summed E-state index contributed by atoms with van der Waals surface area (Å²) in [6, 6.07) is 0. The summed E-state index contributed by atoms with van der Waals surface area (Å²) in [6.45, 7) is 10.7. The van der Waals surface area contributed by atoms with Gasteiger partial charge in [0.2, 0.25) is 0 Å². The van der Waals surface area contributed by atoms with Crippen LogP contribution in [-0.4, -0.2) is 49.7 Å². The number of likely N-dealkylation sites (N-methyl/N-ethyl adjacent to an activating group) is 1. The largest absolute Gasteiger partial charge is 0.468 e. The van der Waals surface area contributed by atoms with Gasteiger partial charge < -0.3 is 15.0 Å². The zero-order valence-corrected chi connectivity index (χ0v) is 14.4. The average Bonchev–Trinajstić information content (AvgIpc) is 2.51. The van der Waals surface area contributed by atoms with Crippen LogP contribution in [0.5, 0.6) is 0 Å². The molecule has 1 unspecified atom stereocenters. The second-order valence-corrected chi connectivity index (χ2v) is 6.50. The minimum Gasteiger partial charge on any atom is -0.468 e. The van der Waals surface area contributed by atoms with Crippen LogP contribution in [0.3, 0.4) is 0 Å². The van der Waals surface area contributed by atoms with E-state index in [4.69, 9.17) is 4.74 Å². The van der Waals surface area contributed by atoms with E-state index >= 15 is 0 Å². The maximum absolute atomic E-state index is 11.9. The van der Waals surface area contributed by atoms with E-state index in [1.807, 2.05) is 13.8 Å². The molecule has 0 aromatic carbocycles. The lowest BCUT2D eigenvalue weighted by atomic mass is 9.93. The molecule has 124 valence electrons. The number of likely N-dealkylation sites (tertiary alicyclic amines) is 1. The predicted molar refractivity (Wildman–Crippen MR) is 87.4 cm³/mol. The molecule has 0 aliphatic carbocycles. The normalized spacial score (nSPS) is 20.2. The maximum atomic E-state index is 11.9. The van der Waals surface area contributed by atoms with Gasteiger partial charge in [0.15, 0.2) is 0 Å². The minimum atomic E-state index is -0.529. The van der Waals surface area contributed by atoms with Gasteiger partial charge in [-0.25, -0.2) is 0 Å². The summed E-state index contributed by atoms with van der Waals surface area (Å²) < 4.78 is 4.93. The number of hydrogen-bond donors (Lipinski definition) is 1. The fourth-order valence-corrected chi connectivity index (χ4v) is 3.31. The fourth-order valence-electron chi connectivity index (χ4n) is 3.31. The SMILES string of the molecule is CCNC(C)(CCCCN1CCC(CC)CC1)C(=O)OC. The Kier molecular flexibility index (Phi) is 8.27. The topological polar surface area (TPSA) is 41.6 Å². The Morgan fingerprint density at radius 1 is 1.29 bits per heavy atom. The van der Waals surface area contributed by atoms with Crippen molar-refractivity contribution in [3.05, 3.63) is 0 Å². The first-order chi connectivity index (χ1) is 10.1. The van der Waals surface area contributed by atoms with Gasteiger partial charge in [0.05, 0.1) is 7.11 Å². The van der Waals surface area contributed by atoms with E-state index in [1.165, 1.54) is 46.0 Å². The summed E-state index contributed by atoms with van der Waals surface area (Å²) in [5.74, 6) is 0.797. The van der Waals surface area contributed by atoms with E-state index in [9.17, 15) is 4.79 Å². The summed E-state index contributed by atoms with van der Waals surface area (Å²) in [5.41, 5.74) is -0.529. The van der Waals surface area contributed by atoms with Gasteiger partial charge in [-0.3, -0.25) is 4.79 Å². The fraction of sp³-hybridized carbons (Fsp3) is 0.941. The maximum Gasteiger partial charge on any atom is 0.325 e. The molecule has 1 aliphatic rings. The third kappa shape index (κ3) is 5.95. The molecule has 0 saturated carbocycles. The van der Waals surface area contributed by atoms with Crippen LogP contribution in [-0.2, 0) is 9.53 Å². The van der Waals surface area contributed by atoms with Crippen LogP contribution in [0.2, 0.25) is 0 Å². The van der Waals surface area contributed by atoms with Crippen LogP contribution in [0.15, 0.2) is 0 Å². The number of unbranched alkanes of at least 4 members (excludes halogenated alkanes) is 1. The molecule has 1 fully saturated rings. The highest BCUT2D eigenvalue weighted by Gasteiger charge is 2.32. The first-order valence-electron chi connectivity index (χ1n) is 8.61. The minimum absolute atomic E-state index is 0.145. The van der Waals surface area contributed by atoms with Crippen molar-refractivity contribution in [1.29, 1.82) is 0 Å². The van der Waals surface area contributed by atoms with Gasteiger partial charge >= 0.3 is 5.97 Å². The summed E-state index contributed by atoms with van der Waals surface area (Å²) in [7, 11) is 1.47. The monoisotopic (exact) mass is 298 g/mol. The molecule has 0 aromatic heterocycles. The molecule has 4 nitrogen and oxygen atoms in total. The molecule has 1 rings (SSSR count). The van der Waals surface area contributed by atoms with Gasteiger partial charge in [0.1, 0.15) is 5.54 Å². The lowest BCUT2D eigenvalue weighted by Crippen LogP contribution is -2.50. The number of carbonyl (C=O) groups excluding carboxylic acids is 1. The number of methoxy groups -OCH3 is 1. The second kappa shape index (κ2) is 9.42. The Morgan fingerprint density at radius 3 is 2.48 bits per heavy atom. The molecule has 0 bridgehead atoms. The first kappa shape index (κ1) is 18.4. The molecule has 1 N–H and O–H groups in total. The molecule has 0 amide bonds. The van der Waals surface area contributed by atoms with Crippen molar-refractivity contribution in [3.63, 3.8) is 0 Å². The highest BCUT2D eigenvalue weighted by atomic mass is 16.5.